The monoisotopic (exact) mass is 263 g/mol. The predicted molar refractivity (Wildman–Crippen MR) is 53.4 cm³/mol. The molecule has 0 amide bonds. The molecule has 0 radical (unpaired) electrons. The molecule has 0 spiro atoms. The summed E-state index contributed by atoms with van der Waals surface area (Å²) in [6, 6.07) is 2.19. The van der Waals surface area contributed by atoms with Crippen molar-refractivity contribution >= 4 is 5.82 Å². The Labute approximate surface area is 97.4 Å². The van der Waals surface area contributed by atoms with E-state index in [1.54, 1.807) is 5.10 Å². The van der Waals surface area contributed by atoms with Crippen LogP contribution in [0.5, 0.6) is 0 Å². The normalized spacial score (nSPS) is 11.8. The minimum absolute atomic E-state index is 0.463. The van der Waals surface area contributed by atoms with Gasteiger partial charge in [-0.25, -0.2) is 8.78 Å². The summed E-state index contributed by atoms with van der Waals surface area (Å²) in [5.41, 5.74) is 2.91. The SMILES string of the molecule is Nc1n[nH]c(C(F)(F)F)c1-c1ccc(F)cc1F. The van der Waals surface area contributed by atoms with Crippen LogP contribution in [0.4, 0.5) is 27.8 Å². The first-order valence-electron chi connectivity index (χ1n) is 4.67. The number of halogens is 5. The maximum absolute atomic E-state index is 13.5. The molecule has 3 nitrogen and oxygen atoms in total. The highest BCUT2D eigenvalue weighted by Crippen LogP contribution is 2.39. The third kappa shape index (κ3) is 2.01. The summed E-state index contributed by atoms with van der Waals surface area (Å²) in [4.78, 5) is 0. The summed E-state index contributed by atoms with van der Waals surface area (Å²) in [7, 11) is 0. The predicted octanol–water partition coefficient (Wildman–Crippen LogP) is 2.96. The van der Waals surface area contributed by atoms with Crippen molar-refractivity contribution in [1.29, 1.82) is 0 Å². The summed E-state index contributed by atoms with van der Waals surface area (Å²) < 4.78 is 64.1. The number of aromatic nitrogens is 2. The van der Waals surface area contributed by atoms with E-state index in [0.29, 0.717) is 6.07 Å². The number of nitrogens with one attached hydrogen (secondary N) is 1. The Morgan fingerprint density at radius 2 is 1.83 bits per heavy atom. The van der Waals surface area contributed by atoms with Crippen molar-refractivity contribution < 1.29 is 22.0 Å². The zero-order valence-corrected chi connectivity index (χ0v) is 8.65. The zero-order chi connectivity index (χ0) is 13.5. The summed E-state index contributed by atoms with van der Waals surface area (Å²) in [5.74, 6) is -2.55. The molecule has 0 saturated carbocycles. The lowest BCUT2D eigenvalue weighted by atomic mass is 10.0. The van der Waals surface area contributed by atoms with Gasteiger partial charge in [0.1, 0.15) is 17.3 Å². The first-order chi connectivity index (χ1) is 8.30. The Morgan fingerprint density at radius 3 is 2.39 bits per heavy atom. The van der Waals surface area contributed by atoms with Crippen LogP contribution in [0.1, 0.15) is 5.69 Å². The average molecular weight is 263 g/mol. The van der Waals surface area contributed by atoms with Crippen molar-refractivity contribution in [2.45, 2.75) is 6.18 Å². The molecular formula is C10H6F5N3. The largest absolute Gasteiger partial charge is 0.433 e. The van der Waals surface area contributed by atoms with E-state index in [9.17, 15) is 22.0 Å². The number of nitrogens with zero attached hydrogens (tertiary/aromatic N) is 1. The minimum atomic E-state index is -4.76. The second-order valence-corrected chi connectivity index (χ2v) is 3.48. The fourth-order valence-corrected chi connectivity index (χ4v) is 1.53. The maximum atomic E-state index is 13.5. The molecule has 0 atom stereocenters. The van der Waals surface area contributed by atoms with Crippen LogP contribution < -0.4 is 5.73 Å². The molecule has 0 bridgehead atoms. The number of aromatic amines is 1. The van der Waals surface area contributed by atoms with Gasteiger partial charge in [-0.15, -0.1) is 0 Å². The standard InChI is InChI=1S/C10H6F5N3/c11-4-1-2-5(6(12)3-4)7-8(10(13,14)15)17-18-9(7)16/h1-3H,(H3,16,17,18). The summed E-state index contributed by atoms with van der Waals surface area (Å²) >= 11 is 0. The van der Waals surface area contributed by atoms with Crippen LogP contribution in [-0.2, 0) is 6.18 Å². The highest BCUT2D eigenvalue weighted by atomic mass is 19.4. The van der Waals surface area contributed by atoms with Crippen molar-refractivity contribution in [3.05, 3.63) is 35.5 Å². The van der Waals surface area contributed by atoms with E-state index in [2.05, 4.69) is 5.10 Å². The number of anilines is 1. The fraction of sp³-hybridized carbons (Fsp3) is 0.100. The van der Waals surface area contributed by atoms with Crippen LogP contribution >= 0.6 is 0 Å². The van der Waals surface area contributed by atoms with Gasteiger partial charge in [0.2, 0.25) is 0 Å². The Hall–Kier alpha value is -2.12. The molecule has 2 rings (SSSR count). The highest BCUT2D eigenvalue weighted by molar-refractivity contribution is 5.77. The first kappa shape index (κ1) is 12.3. The van der Waals surface area contributed by atoms with Crippen LogP contribution in [0.2, 0.25) is 0 Å². The van der Waals surface area contributed by atoms with Gasteiger partial charge in [-0.1, -0.05) is 0 Å². The first-order valence-corrected chi connectivity index (χ1v) is 4.67. The quantitative estimate of drug-likeness (QED) is 0.777. The van der Waals surface area contributed by atoms with Gasteiger partial charge < -0.3 is 5.73 Å². The second kappa shape index (κ2) is 3.97. The van der Waals surface area contributed by atoms with Gasteiger partial charge in [0, 0.05) is 11.6 Å². The lowest BCUT2D eigenvalue weighted by Crippen LogP contribution is -2.08. The number of hydrogen-bond acceptors (Lipinski definition) is 2. The molecule has 0 aliphatic carbocycles. The van der Waals surface area contributed by atoms with E-state index < -0.39 is 40.4 Å². The van der Waals surface area contributed by atoms with Gasteiger partial charge in [-0.05, 0) is 12.1 Å². The molecule has 0 unspecified atom stereocenters. The Balaban J connectivity index is 2.67. The molecule has 3 N–H and O–H groups in total. The summed E-state index contributed by atoms with van der Waals surface area (Å²) in [5, 5.41) is 4.89. The van der Waals surface area contributed by atoms with Crippen LogP contribution in [0.15, 0.2) is 18.2 Å². The Morgan fingerprint density at radius 1 is 1.17 bits per heavy atom. The molecule has 0 saturated heterocycles. The molecule has 1 aromatic heterocycles. The van der Waals surface area contributed by atoms with E-state index in [1.807, 2.05) is 0 Å². The second-order valence-electron chi connectivity index (χ2n) is 3.48. The molecule has 18 heavy (non-hydrogen) atoms. The van der Waals surface area contributed by atoms with Crippen LogP contribution in [0.25, 0.3) is 11.1 Å². The molecule has 8 heteroatoms. The lowest BCUT2D eigenvalue weighted by molar-refractivity contribution is -0.140. The molecule has 1 aromatic carbocycles. The number of benzene rings is 1. The van der Waals surface area contributed by atoms with Gasteiger partial charge in [-0.3, -0.25) is 5.10 Å². The van der Waals surface area contributed by atoms with Crippen LogP contribution in [0, 0.1) is 11.6 Å². The minimum Gasteiger partial charge on any atom is -0.382 e. The number of hydrogen-bond donors (Lipinski definition) is 2. The van der Waals surface area contributed by atoms with Crippen LogP contribution in [0.3, 0.4) is 0 Å². The summed E-state index contributed by atoms with van der Waals surface area (Å²) in [6.07, 6.45) is -4.76. The summed E-state index contributed by atoms with van der Waals surface area (Å²) in [6.45, 7) is 0. The van der Waals surface area contributed by atoms with E-state index in [-0.39, 0.29) is 0 Å². The molecule has 2 aromatic rings. The van der Waals surface area contributed by atoms with E-state index in [1.165, 1.54) is 0 Å². The Bertz CT molecular complexity index is 588. The maximum Gasteiger partial charge on any atom is 0.433 e. The van der Waals surface area contributed by atoms with Crippen molar-refractivity contribution in [2.24, 2.45) is 0 Å². The molecular weight excluding hydrogens is 257 g/mol. The van der Waals surface area contributed by atoms with Gasteiger partial charge >= 0.3 is 6.18 Å². The number of nitrogens with two attached hydrogens (primary N) is 1. The highest BCUT2D eigenvalue weighted by Gasteiger charge is 2.38. The molecule has 0 fully saturated rings. The number of rotatable bonds is 1. The third-order valence-electron chi connectivity index (χ3n) is 2.28. The molecule has 96 valence electrons. The van der Waals surface area contributed by atoms with Crippen molar-refractivity contribution in [3.8, 4) is 11.1 Å². The number of alkyl halides is 3. The van der Waals surface area contributed by atoms with Gasteiger partial charge in [0.25, 0.3) is 0 Å². The topological polar surface area (TPSA) is 54.7 Å². The van der Waals surface area contributed by atoms with Crippen molar-refractivity contribution in [3.63, 3.8) is 0 Å². The smallest absolute Gasteiger partial charge is 0.382 e. The zero-order valence-electron chi connectivity index (χ0n) is 8.65. The molecule has 1 heterocycles. The van der Waals surface area contributed by atoms with E-state index in [0.717, 1.165) is 12.1 Å². The van der Waals surface area contributed by atoms with Gasteiger partial charge in [0.15, 0.2) is 5.82 Å². The lowest BCUT2D eigenvalue weighted by Gasteiger charge is -2.08. The fourth-order valence-electron chi connectivity index (χ4n) is 1.53. The van der Waals surface area contributed by atoms with Crippen LogP contribution in [-0.4, -0.2) is 10.2 Å². The van der Waals surface area contributed by atoms with Crippen molar-refractivity contribution in [2.75, 3.05) is 5.73 Å². The number of H-pyrrole nitrogens is 1. The number of nitrogen functional groups attached to an aromatic ring is 1. The van der Waals surface area contributed by atoms with E-state index in [4.69, 9.17) is 5.73 Å². The third-order valence-corrected chi connectivity index (χ3v) is 2.28. The average Bonchev–Trinajstić information content (AvgIpc) is 2.60. The van der Waals surface area contributed by atoms with E-state index >= 15 is 0 Å². The molecule has 0 aliphatic heterocycles. The van der Waals surface area contributed by atoms with Crippen molar-refractivity contribution in [1.82, 2.24) is 10.2 Å². The van der Waals surface area contributed by atoms with Gasteiger partial charge in [-0.2, -0.15) is 18.3 Å². The Kier molecular flexibility index (Phi) is 2.72. The van der Waals surface area contributed by atoms with Gasteiger partial charge in [0.05, 0.1) is 5.56 Å². The molecule has 0 aliphatic rings.